The van der Waals surface area contributed by atoms with E-state index in [1.807, 2.05) is 17.5 Å². The van der Waals surface area contributed by atoms with Gasteiger partial charge >= 0.3 is 0 Å². The average Bonchev–Trinajstić information content (AvgIpc) is 3.18. The maximum absolute atomic E-state index is 12.4. The Morgan fingerprint density at radius 2 is 2.43 bits per heavy atom. The highest BCUT2D eigenvalue weighted by Gasteiger charge is 2.34. The summed E-state index contributed by atoms with van der Waals surface area (Å²) in [6.45, 7) is 2.39. The highest BCUT2D eigenvalue weighted by atomic mass is 32.1. The molecule has 23 heavy (non-hydrogen) atoms. The minimum Gasteiger partial charge on any atom is -0.369 e. The predicted octanol–water partition coefficient (Wildman–Crippen LogP) is 0.483. The molecule has 1 aliphatic heterocycles. The minimum absolute atomic E-state index is 0.00197. The molecular weight excluding hydrogens is 320 g/mol. The first kappa shape index (κ1) is 15.6. The summed E-state index contributed by atoms with van der Waals surface area (Å²) < 4.78 is 10.2. The monoisotopic (exact) mass is 336 g/mol. The Hall–Kier alpha value is -2.26. The number of thiophene rings is 1. The fourth-order valence-electron chi connectivity index (χ4n) is 2.28. The van der Waals surface area contributed by atoms with Gasteiger partial charge in [0.25, 0.3) is 0 Å². The van der Waals surface area contributed by atoms with Crippen molar-refractivity contribution >= 4 is 23.2 Å². The molecule has 0 radical (unpaired) electrons. The maximum Gasteiger partial charge on any atom is 0.249 e. The predicted molar refractivity (Wildman–Crippen MR) is 80.4 cm³/mol. The van der Waals surface area contributed by atoms with E-state index in [0.29, 0.717) is 18.3 Å². The molecule has 3 rings (SSSR count). The molecule has 0 saturated carbocycles. The van der Waals surface area contributed by atoms with Crippen LogP contribution in [0.5, 0.6) is 0 Å². The quantitative estimate of drug-likeness (QED) is 0.853. The smallest absolute Gasteiger partial charge is 0.249 e. The number of aryl methyl sites for hydroxylation is 1. The minimum atomic E-state index is -0.664. The first-order valence-electron chi connectivity index (χ1n) is 7.10. The molecule has 1 atom stereocenters. The van der Waals surface area contributed by atoms with E-state index in [4.69, 9.17) is 9.26 Å². The van der Waals surface area contributed by atoms with Crippen molar-refractivity contribution in [3.05, 3.63) is 34.1 Å². The Labute approximate surface area is 136 Å². The molecule has 8 nitrogen and oxygen atoms in total. The Balaban J connectivity index is 1.64. The molecule has 2 aromatic heterocycles. The Morgan fingerprint density at radius 1 is 1.57 bits per heavy atom. The summed E-state index contributed by atoms with van der Waals surface area (Å²) in [4.78, 5) is 31.1. The number of rotatable bonds is 5. The fourth-order valence-corrected chi connectivity index (χ4v) is 2.99. The van der Waals surface area contributed by atoms with Crippen molar-refractivity contribution < 1.29 is 18.8 Å². The summed E-state index contributed by atoms with van der Waals surface area (Å²) in [5.41, 5.74) is 0. The van der Waals surface area contributed by atoms with Crippen molar-refractivity contribution in [3.8, 4) is 0 Å². The van der Waals surface area contributed by atoms with E-state index in [1.54, 1.807) is 23.2 Å². The lowest BCUT2D eigenvalue weighted by atomic mass is 10.2. The second-order valence-electron chi connectivity index (χ2n) is 5.09. The van der Waals surface area contributed by atoms with Gasteiger partial charge in [0.05, 0.1) is 19.7 Å². The third kappa shape index (κ3) is 3.74. The van der Waals surface area contributed by atoms with E-state index in [1.165, 1.54) is 0 Å². The van der Waals surface area contributed by atoms with E-state index in [2.05, 4.69) is 15.5 Å². The Kier molecular flexibility index (Phi) is 4.68. The maximum atomic E-state index is 12.4. The van der Waals surface area contributed by atoms with Crippen LogP contribution in [0.1, 0.15) is 16.6 Å². The van der Waals surface area contributed by atoms with Gasteiger partial charge in [-0.2, -0.15) is 4.98 Å². The third-order valence-electron chi connectivity index (χ3n) is 3.39. The van der Waals surface area contributed by atoms with Gasteiger partial charge in [0, 0.05) is 4.88 Å². The van der Waals surface area contributed by atoms with Gasteiger partial charge in [0.15, 0.2) is 5.82 Å². The number of ether oxygens (including phenoxy) is 1. The second kappa shape index (κ2) is 6.88. The number of nitrogens with one attached hydrogen (secondary N) is 1. The lowest BCUT2D eigenvalue weighted by Crippen LogP contribution is -2.55. The number of hydrogen-bond acceptors (Lipinski definition) is 7. The van der Waals surface area contributed by atoms with Crippen molar-refractivity contribution in [1.82, 2.24) is 20.4 Å². The van der Waals surface area contributed by atoms with E-state index < -0.39 is 6.04 Å². The van der Waals surface area contributed by atoms with Crippen molar-refractivity contribution in [1.29, 1.82) is 0 Å². The zero-order valence-corrected chi connectivity index (χ0v) is 13.3. The molecule has 3 heterocycles. The van der Waals surface area contributed by atoms with Gasteiger partial charge in [-0.1, -0.05) is 11.2 Å². The molecule has 1 saturated heterocycles. The topological polar surface area (TPSA) is 97.6 Å². The van der Waals surface area contributed by atoms with Crippen LogP contribution in [0.2, 0.25) is 0 Å². The van der Waals surface area contributed by atoms with Crippen LogP contribution in [0.3, 0.4) is 0 Å². The van der Waals surface area contributed by atoms with Crippen LogP contribution in [0.4, 0.5) is 0 Å². The van der Waals surface area contributed by atoms with E-state index in [9.17, 15) is 9.59 Å². The second-order valence-corrected chi connectivity index (χ2v) is 6.12. The van der Waals surface area contributed by atoms with Gasteiger partial charge in [-0.15, -0.1) is 11.3 Å². The Bertz CT molecular complexity index is 685. The molecule has 1 unspecified atom stereocenters. The largest absolute Gasteiger partial charge is 0.369 e. The molecule has 2 aromatic rings. The summed E-state index contributed by atoms with van der Waals surface area (Å²) in [5, 5.41) is 8.30. The molecule has 9 heteroatoms. The van der Waals surface area contributed by atoms with Crippen LogP contribution >= 0.6 is 11.3 Å². The molecule has 0 spiro atoms. The average molecular weight is 336 g/mol. The van der Waals surface area contributed by atoms with Gasteiger partial charge in [-0.05, 0) is 18.4 Å². The molecule has 1 aliphatic rings. The zero-order chi connectivity index (χ0) is 16.2. The van der Waals surface area contributed by atoms with Crippen LogP contribution in [0, 0.1) is 6.92 Å². The van der Waals surface area contributed by atoms with Crippen LogP contribution in [-0.2, 0) is 27.4 Å². The van der Waals surface area contributed by atoms with Gasteiger partial charge in [0.2, 0.25) is 17.7 Å². The van der Waals surface area contributed by atoms with Crippen molar-refractivity contribution in [2.24, 2.45) is 0 Å². The Morgan fingerprint density at radius 3 is 3.13 bits per heavy atom. The highest BCUT2D eigenvalue weighted by Crippen LogP contribution is 2.17. The normalized spacial score (nSPS) is 18.2. The lowest BCUT2D eigenvalue weighted by molar-refractivity contribution is -0.155. The number of amides is 2. The summed E-state index contributed by atoms with van der Waals surface area (Å²) in [5.74, 6) is 0.331. The fraction of sp³-hybridized carbons (Fsp3) is 0.429. The summed E-state index contributed by atoms with van der Waals surface area (Å²) in [6.07, 6.45) is 0. The summed E-state index contributed by atoms with van der Waals surface area (Å²) >= 11 is 1.55. The summed E-state index contributed by atoms with van der Waals surface area (Å²) in [6, 6.07) is 3.18. The van der Waals surface area contributed by atoms with Crippen LogP contribution in [0.15, 0.2) is 22.0 Å². The highest BCUT2D eigenvalue weighted by molar-refractivity contribution is 7.09. The molecule has 0 aliphatic carbocycles. The number of nitrogens with zero attached hydrogens (tertiary/aromatic N) is 3. The van der Waals surface area contributed by atoms with Gasteiger partial charge in [-0.3, -0.25) is 9.59 Å². The number of morpholine rings is 1. The SMILES string of the molecule is Cc1noc(CNC(=O)C2COCC(=O)N2Cc2cccs2)n1. The molecule has 1 fully saturated rings. The first-order chi connectivity index (χ1) is 11.1. The van der Waals surface area contributed by atoms with Crippen LogP contribution in [-0.4, -0.2) is 46.1 Å². The molecule has 0 aromatic carbocycles. The molecule has 1 N–H and O–H groups in total. The summed E-state index contributed by atoms with van der Waals surface area (Å²) in [7, 11) is 0. The van der Waals surface area contributed by atoms with E-state index >= 15 is 0 Å². The van der Waals surface area contributed by atoms with Crippen molar-refractivity contribution in [2.45, 2.75) is 26.1 Å². The number of aromatic nitrogens is 2. The standard InChI is InChI=1S/C14H16N4O4S/c1-9-16-12(22-17-9)5-15-14(20)11-7-21-8-13(19)18(11)6-10-3-2-4-23-10/h2-4,11H,5-8H2,1H3,(H,15,20). The zero-order valence-electron chi connectivity index (χ0n) is 12.5. The van der Waals surface area contributed by atoms with Crippen LogP contribution < -0.4 is 5.32 Å². The van der Waals surface area contributed by atoms with Gasteiger partial charge in [-0.25, -0.2) is 0 Å². The van der Waals surface area contributed by atoms with Gasteiger partial charge in [0.1, 0.15) is 12.6 Å². The number of hydrogen-bond donors (Lipinski definition) is 1. The third-order valence-corrected chi connectivity index (χ3v) is 4.25. The van der Waals surface area contributed by atoms with Crippen LogP contribution in [0.25, 0.3) is 0 Å². The number of carbonyl (C=O) groups is 2. The number of carbonyl (C=O) groups excluding carboxylic acids is 2. The van der Waals surface area contributed by atoms with Crippen molar-refractivity contribution in [2.75, 3.05) is 13.2 Å². The molecular formula is C14H16N4O4S. The van der Waals surface area contributed by atoms with Crippen molar-refractivity contribution in [3.63, 3.8) is 0 Å². The molecule has 0 bridgehead atoms. The molecule has 122 valence electrons. The van der Waals surface area contributed by atoms with E-state index in [0.717, 1.165) is 4.88 Å². The van der Waals surface area contributed by atoms with Gasteiger partial charge < -0.3 is 19.5 Å². The molecule has 2 amide bonds. The van der Waals surface area contributed by atoms with E-state index in [-0.39, 0.29) is 31.6 Å². The lowest BCUT2D eigenvalue weighted by Gasteiger charge is -2.34. The first-order valence-corrected chi connectivity index (χ1v) is 7.98.